The summed E-state index contributed by atoms with van der Waals surface area (Å²) in [6, 6.07) is 0. The van der Waals surface area contributed by atoms with Gasteiger partial charge >= 0.3 is 12.1 Å². The third kappa shape index (κ3) is 3.50. The maximum absolute atomic E-state index is 12.2. The number of hydrogen-bond acceptors (Lipinski definition) is 3. The number of likely N-dealkylation sites (tertiary alicyclic amines) is 1. The Bertz CT molecular complexity index is 428. The highest BCUT2D eigenvalue weighted by molar-refractivity contribution is 5.75. The summed E-state index contributed by atoms with van der Waals surface area (Å²) in [6.07, 6.45) is 3.61. The van der Waals surface area contributed by atoms with Crippen molar-refractivity contribution in [2.24, 2.45) is 17.3 Å². The van der Waals surface area contributed by atoms with E-state index in [2.05, 4.69) is 6.92 Å². The first-order valence-corrected chi connectivity index (χ1v) is 7.84. The van der Waals surface area contributed by atoms with E-state index in [4.69, 9.17) is 4.74 Å². The molecular formula is C16H27NO4. The maximum atomic E-state index is 12.2. The Balaban J connectivity index is 2.15. The van der Waals surface area contributed by atoms with Crippen molar-refractivity contribution in [1.82, 2.24) is 4.90 Å². The van der Waals surface area contributed by atoms with Gasteiger partial charge in [-0.3, -0.25) is 4.79 Å². The minimum Gasteiger partial charge on any atom is -0.481 e. The van der Waals surface area contributed by atoms with Gasteiger partial charge in [0.2, 0.25) is 0 Å². The zero-order chi connectivity index (χ0) is 15.8. The average Bonchev–Trinajstić information content (AvgIpc) is 2.66. The second kappa shape index (κ2) is 5.50. The molecule has 0 radical (unpaired) electrons. The molecule has 1 amide bonds. The summed E-state index contributed by atoms with van der Waals surface area (Å²) in [5.41, 5.74) is -0.814. The Hall–Kier alpha value is -1.26. The van der Waals surface area contributed by atoms with E-state index in [1.807, 2.05) is 20.8 Å². The van der Waals surface area contributed by atoms with E-state index >= 15 is 0 Å². The van der Waals surface area contributed by atoms with Gasteiger partial charge in [0.1, 0.15) is 5.60 Å². The van der Waals surface area contributed by atoms with Crippen LogP contribution < -0.4 is 0 Å². The van der Waals surface area contributed by atoms with E-state index in [0.717, 1.165) is 25.7 Å². The molecule has 0 bridgehead atoms. The topological polar surface area (TPSA) is 66.8 Å². The van der Waals surface area contributed by atoms with Crippen LogP contribution in [0.3, 0.4) is 0 Å². The molecule has 5 nitrogen and oxygen atoms in total. The van der Waals surface area contributed by atoms with Crippen molar-refractivity contribution in [2.75, 3.05) is 13.1 Å². The number of carbonyl (C=O) groups is 2. The third-order valence-corrected chi connectivity index (χ3v) is 4.72. The van der Waals surface area contributed by atoms with Crippen molar-refractivity contribution < 1.29 is 19.4 Å². The molecule has 5 heteroatoms. The number of ether oxygens (including phenoxy) is 1. The number of aliphatic carboxylic acids is 1. The molecule has 0 aromatic heterocycles. The Morgan fingerprint density at radius 2 is 2.00 bits per heavy atom. The minimum atomic E-state index is -0.782. The Kier molecular flexibility index (Phi) is 4.22. The lowest BCUT2D eigenvalue weighted by atomic mass is 9.65. The molecule has 0 aromatic rings. The number of nitrogens with zero attached hydrogens (tertiary/aromatic N) is 1. The molecule has 1 heterocycles. The van der Waals surface area contributed by atoms with E-state index in [9.17, 15) is 14.7 Å². The first-order valence-electron chi connectivity index (χ1n) is 7.84. The number of amides is 1. The number of carboxylic acid groups (broad SMARTS) is 1. The highest BCUT2D eigenvalue weighted by Gasteiger charge is 2.53. The second-order valence-electron chi connectivity index (χ2n) is 7.82. The molecule has 2 fully saturated rings. The van der Waals surface area contributed by atoms with Crippen molar-refractivity contribution in [2.45, 2.75) is 59.0 Å². The molecule has 2 aliphatic rings. The predicted molar refractivity (Wildman–Crippen MR) is 79.0 cm³/mol. The van der Waals surface area contributed by atoms with E-state index < -0.39 is 17.5 Å². The largest absolute Gasteiger partial charge is 0.481 e. The van der Waals surface area contributed by atoms with Crippen LogP contribution in [-0.4, -0.2) is 40.8 Å². The molecule has 1 N–H and O–H groups in total. The summed E-state index contributed by atoms with van der Waals surface area (Å²) in [5.74, 6) is -0.720. The van der Waals surface area contributed by atoms with E-state index in [-0.39, 0.29) is 18.1 Å². The fraction of sp³-hybridized carbons (Fsp3) is 0.875. The monoisotopic (exact) mass is 297 g/mol. The van der Waals surface area contributed by atoms with Crippen molar-refractivity contribution in [3.63, 3.8) is 0 Å². The molecule has 3 unspecified atom stereocenters. The second-order valence-corrected chi connectivity index (χ2v) is 7.82. The Labute approximate surface area is 126 Å². The van der Waals surface area contributed by atoms with Crippen LogP contribution in [0.2, 0.25) is 0 Å². The number of carbonyl (C=O) groups excluding carboxylic acids is 1. The fourth-order valence-electron chi connectivity index (χ4n) is 3.94. The van der Waals surface area contributed by atoms with Gasteiger partial charge in [-0.15, -0.1) is 0 Å². The molecule has 1 saturated carbocycles. The quantitative estimate of drug-likeness (QED) is 0.807. The van der Waals surface area contributed by atoms with Crippen LogP contribution in [-0.2, 0) is 9.53 Å². The SMILES string of the molecule is CC1CCCC2(C1)CN(C(=O)OC(C)(C)C)CC2C(=O)O. The van der Waals surface area contributed by atoms with Gasteiger partial charge < -0.3 is 14.7 Å². The summed E-state index contributed by atoms with van der Waals surface area (Å²) in [4.78, 5) is 25.5. The number of rotatable bonds is 1. The first kappa shape index (κ1) is 16.1. The van der Waals surface area contributed by atoms with Gasteiger partial charge in [0.15, 0.2) is 0 Å². The van der Waals surface area contributed by atoms with Gasteiger partial charge in [-0.1, -0.05) is 19.8 Å². The van der Waals surface area contributed by atoms with Gasteiger partial charge in [0, 0.05) is 18.5 Å². The molecule has 3 atom stereocenters. The van der Waals surface area contributed by atoms with Gasteiger partial charge in [0.25, 0.3) is 0 Å². The molecule has 1 aliphatic heterocycles. The van der Waals surface area contributed by atoms with E-state index in [1.54, 1.807) is 4.90 Å². The molecular weight excluding hydrogens is 270 g/mol. The van der Waals surface area contributed by atoms with Crippen molar-refractivity contribution >= 4 is 12.1 Å². The highest BCUT2D eigenvalue weighted by Crippen LogP contribution is 2.49. The molecule has 1 aliphatic carbocycles. The minimum absolute atomic E-state index is 0.263. The standard InChI is InChI=1S/C16H27NO4/c1-11-6-5-7-16(8-11)10-17(9-12(16)13(18)19)14(20)21-15(2,3)4/h11-12H,5-10H2,1-4H3,(H,18,19). The van der Waals surface area contributed by atoms with Crippen molar-refractivity contribution in [1.29, 1.82) is 0 Å². The highest BCUT2D eigenvalue weighted by atomic mass is 16.6. The van der Waals surface area contributed by atoms with Gasteiger partial charge in [-0.2, -0.15) is 0 Å². The van der Waals surface area contributed by atoms with Crippen molar-refractivity contribution in [3.8, 4) is 0 Å². The zero-order valence-corrected chi connectivity index (χ0v) is 13.5. The average molecular weight is 297 g/mol. The summed E-state index contributed by atoms with van der Waals surface area (Å²) in [6.45, 7) is 8.45. The molecule has 0 aromatic carbocycles. The van der Waals surface area contributed by atoms with Crippen LogP contribution in [0.25, 0.3) is 0 Å². The van der Waals surface area contributed by atoms with Gasteiger partial charge in [0.05, 0.1) is 5.92 Å². The van der Waals surface area contributed by atoms with Crippen molar-refractivity contribution in [3.05, 3.63) is 0 Å². The number of hydrogen-bond donors (Lipinski definition) is 1. The maximum Gasteiger partial charge on any atom is 0.410 e. The van der Waals surface area contributed by atoms with Gasteiger partial charge in [-0.05, 0) is 39.5 Å². The predicted octanol–water partition coefficient (Wildman–Crippen LogP) is 3.13. The summed E-state index contributed by atoms with van der Waals surface area (Å²) < 4.78 is 5.40. The van der Waals surface area contributed by atoms with Crippen LogP contribution in [0.4, 0.5) is 4.79 Å². The third-order valence-electron chi connectivity index (χ3n) is 4.72. The van der Waals surface area contributed by atoms with E-state index in [1.165, 1.54) is 0 Å². The summed E-state index contributed by atoms with van der Waals surface area (Å²) >= 11 is 0. The fourth-order valence-corrected chi connectivity index (χ4v) is 3.94. The number of carboxylic acids is 1. The molecule has 2 rings (SSSR count). The van der Waals surface area contributed by atoms with Crippen LogP contribution >= 0.6 is 0 Å². The lowest BCUT2D eigenvalue weighted by Crippen LogP contribution is -2.39. The smallest absolute Gasteiger partial charge is 0.410 e. The lowest BCUT2D eigenvalue weighted by molar-refractivity contribution is -0.145. The van der Waals surface area contributed by atoms with Crippen LogP contribution in [0, 0.1) is 17.3 Å². The Morgan fingerprint density at radius 3 is 2.52 bits per heavy atom. The van der Waals surface area contributed by atoms with Crippen LogP contribution in [0.5, 0.6) is 0 Å². The summed E-state index contributed by atoms with van der Waals surface area (Å²) in [7, 11) is 0. The molecule has 1 spiro atoms. The summed E-state index contributed by atoms with van der Waals surface area (Å²) in [5, 5.41) is 9.57. The first-order chi connectivity index (χ1) is 9.63. The van der Waals surface area contributed by atoms with E-state index in [0.29, 0.717) is 12.5 Å². The Morgan fingerprint density at radius 1 is 1.33 bits per heavy atom. The van der Waals surface area contributed by atoms with Crippen LogP contribution in [0.1, 0.15) is 53.4 Å². The molecule has 1 saturated heterocycles. The molecule has 21 heavy (non-hydrogen) atoms. The molecule has 120 valence electrons. The van der Waals surface area contributed by atoms with Crippen LogP contribution in [0.15, 0.2) is 0 Å². The van der Waals surface area contributed by atoms with Gasteiger partial charge in [-0.25, -0.2) is 4.79 Å². The zero-order valence-electron chi connectivity index (χ0n) is 13.5. The lowest BCUT2D eigenvalue weighted by Gasteiger charge is -2.39. The normalized spacial score (nSPS) is 33.2.